The summed E-state index contributed by atoms with van der Waals surface area (Å²) >= 11 is 0. The number of hydrogen-bond acceptors (Lipinski definition) is 5. The predicted octanol–water partition coefficient (Wildman–Crippen LogP) is 1.89. The third-order valence-corrected chi connectivity index (χ3v) is 4.23. The maximum absolute atomic E-state index is 12.8. The molecule has 7 heteroatoms. The smallest absolute Gasteiger partial charge is 0.254 e. The molecular formula is C18H26N6O. The second-order valence-corrected chi connectivity index (χ2v) is 6.79. The summed E-state index contributed by atoms with van der Waals surface area (Å²) in [5.74, 6) is 1.74. The number of aromatic nitrogens is 3. The zero-order chi connectivity index (χ0) is 17.8. The van der Waals surface area contributed by atoms with Gasteiger partial charge in [0.25, 0.3) is 5.91 Å². The van der Waals surface area contributed by atoms with E-state index in [1.165, 1.54) is 0 Å². The van der Waals surface area contributed by atoms with Crippen molar-refractivity contribution in [3.8, 4) is 0 Å². The van der Waals surface area contributed by atoms with Gasteiger partial charge in [-0.2, -0.15) is 5.10 Å². The molecule has 1 aliphatic heterocycles. The van der Waals surface area contributed by atoms with Crippen LogP contribution in [0.5, 0.6) is 0 Å². The largest absolute Gasteiger partial charge is 0.383 e. The molecule has 0 radical (unpaired) electrons. The van der Waals surface area contributed by atoms with Crippen molar-refractivity contribution in [1.82, 2.24) is 25.0 Å². The molecule has 0 saturated carbocycles. The summed E-state index contributed by atoms with van der Waals surface area (Å²) in [4.78, 5) is 21.3. The van der Waals surface area contributed by atoms with E-state index in [1.54, 1.807) is 0 Å². The van der Waals surface area contributed by atoms with Gasteiger partial charge in [-0.3, -0.25) is 14.8 Å². The van der Waals surface area contributed by atoms with Crippen molar-refractivity contribution in [1.29, 1.82) is 0 Å². The maximum atomic E-state index is 12.8. The number of anilines is 1. The van der Waals surface area contributed by atoms with Gasteiger partial charge in [-0.05, 0) is 39.0 Å². The van der Waals surface area contributed by atoms with Crippen LogP contribution >= 0.6 is 0 Å². The first-order valence-electron chi connectivity index (χ1n) is 8.77. The average molecular weight is 342 g/mol. The Balaban J connectivity index is 1.56. The molecule has 0 aliphatic carbocycles. The van der Waals surface area contributed by atoms with Crippen LogP contribution in [-0.4, -0.2) is 63.1 Å². The first kappa shape index (κ1) is 17.4. The van der Waals surface area contributed by atoms with Gasteiger partial charge < -0.3 is 10.2 Å². The number of carbonyl (C=O) groups excluding carboxylic acids is 1. The summed E-state index contributed by atoms with van der Waals surface area (Å²) in [5.41, 5.74) is 1.73. The Morgan fingerprint density at radius 3 is 2.68 bits per heavy atom. The summed E-state index contributed by atoms with van der Waals surface area (Å²) < 4.78 is 0. The van der Waals surface area contributed by atoms with Crippen LogP contribution in [0.4, 0.5) is 5.69 Å². The summed E-state index contributed by atoms with van der Waals surface area (Å²) in [6, 6.07) is 8.09. The number of nitrogens with zero attached hydrogens (tertiary/aromatic N) is 4. The van der Waals surface area contributed by atoms with Gasteiger partial charge >= 0.3 is 0 Å². The topological polar surface area (TPSA) is 77.2 Å². The van der Waals surface area contributed by atoms with Gasteiger partial charge in [0, 0.05) is 43.5 Å². The van der Waals surface area contributed by atoms with E-state index < -0.39 is 0 Å². The molecule has 1 aromatic heterocycles. The van der Waals surface area contributed by atoms with Crippen molar-refractivity contribution in [3.05, 3.63) is 41.5 Å². The van der Waals surface area contributed by atoms with E-state index in [-0.39, 0.29) is 5.91 Å². The number of benzene rings is 1. The molecule has 1 fully saturated rings. The lowest BCUT2D eigenvalue weighted by atomic mass is 10.1. The lowest BCUT2D eigenvalue weighted by Gasteiger charge is -2.34. The second-order valence-electron chi connectivity index (χ2n) is 6.79. The zero-order valence-electron chi connectivity index (χ0n) is 15.1. The van der Waals surface area contributed by atoms with Crippen LogP contribution in [-0.2, 0) is 6.54 Å². The molecule has 2 aromatic rings. The molecule has 7 nitrogen and oxygen atoms in total. The minimum absolute atomic E-state index is 0.0980. The predicted molar refractivity (Wildman–Crippen MR) is 97.5 cm³/mol. The van der Waals surface area contributed by atoms with E-state index >= 15 is 0 Å². The lowest BCUT2D eigenvalue weighted by Crippen LogP contribution is -2.48. The first-order valence-corrected chi connectivity index (χ1v) is 8.77. The van der Waals surface area contributed by atoms with Crippen LogP contribution in [0, 0.1) is 6.92 Å². The SMILES string of the molecule is Cc1nc(CN2CCN(C(=O)c3cccc(NC(C)C)c3)CC2)n[nH]1. The highest BCUT2D eigenvalue weighted by Gasteiger charge is 2.23. The number of aromatic amines is 1. The van der Waals surface area contributed by atoms with Crippen molar-refractivity contribution in [2.24, 2.45) is 0 Å². The highest BCUT2D eigenvalue weighted by molar-refractivity contribution is 5.95. The Bertz CT molecular complexity index is 718. The monoisotopic (exact) mass is 342 g/mol. The van der Waals surface area contributed by atoms with Gasteiger partial charge in [0.05, 0.1) is 6.54 Å². The van der Waals surface area contributed by atoms with Crippen LogP contribution in [0.15, 0.2) is 24.3 Å². The molecule has 0 unspecified atom stereocenters. The quantitative estimate of drug-likeness (QED) is 0.868. The number of piperazine rings is 1. The fraction of sp³-hybridized carbons (Fsp3) is 0.500. The summed E-state index contributed by atoms with van der Waals surface area (Å²) in [5, 5.41) is 10.4. The Labute approximate surface area is 148 Å². The van der Waals surface area contributed by atoms with Crippen molar-refractivity contribution in [2.45, 2.75) is 33.4 Å². The van der Waals surface area contributed by atoms with Gasteiger partial charge in [0.15, 0.2) is 5.82 Å². The molecule has 0 spiro atoms. The normalized spacial score (nSPS) is 15.6. The minimum Gasteiger partial charge on any atom is -0.383 e. The van der Waals surface area contributed by atoms with Gasteiger partial charge in [0.2, 0.25) is 0 Å². The van der Waals surface area contributed by atoms with E-state index in [9.17, 15) is 4.79 Å². The van der Waals surface area contributed by atoms with Crippen molar-refractivity contribution in [3.63, 3.8) is 0 Å². The number of nitrogens with one attached hydrogen (secondary N) is 2. The molecule has 1 aliphatic rings. The van der Waals surface area contributed by atoms with E-state index in [4.69, 9.17) is 0 Å². The summed E-state index contributed by atoms with van der Waals surface area (Å²) in [7, 11) is 0. The van der Waals surface area contributed by atoms with Gasteiger partial charge in [0.1, 0.15) is 5.82 Å². The molecule has 134 valence electrons. The van der Waals surface area contributed by atoms with Crippen LogP contribution in [0.25, 0.3) is 0 Å². The number of aryl methyl sites for hydroxylation is 1. The molecule has 2 N–H and O–H groups in total. The molecule has 1 aromatic carbocycles. The number of amides is 1. The van der Waals surface area contributed by atoms with Crippen LogP contribution in [0.1, 0.15) is 35.9 Å². The molecule has 25 heavy (non-hydrogen) atoms. The Morgan fingerprint density at radius 2 is 2.04 bits per heavy atom. The third kappa shape index (κ3) is 4.57. The van der Waals surface area contributed by atoms with Gasteiger partial charge in [-0.15, -0.1) is 0 Å². The summed E-state index contributed by atoms with van der Waals surface area (Å²) in [6.45, 7) is 9.92. The zero-order valence-corrected chi connectivity index (χ0v) is 15.1. The third-order valence-electron chi connectivity index (χ3n) is 4.23. The number of carbonyl (C=O) groups is 1. The van der Waals surface area contributed by atoms with Crippen molar-refractivity contribution < 1.29 is 4.79 Å². The standard InChI is InChI=1S/C18H26N6O/c1-13(2)19-16-6-4-5-15(11-16)18(25)24-9-7-23(8-10-24)12-17-20-14(3)21-22-17/h4-6,11,13,19H,7-10,12H2,1-3H3,(H,20,21,22). The minimum atomic E-state index is 0.0980. The molecule has 3 rings (SSSR count). The fourth-order valence-electron chi connectivity index (χ4n) is 3.03. The lowest BCUT2D eigenvalue weighted by molar-refractivity contribution is 0.0625. The van der Waals surface area contributed by atoms with E-state index in [1.807, 2.05) is 36.1 Å². The van der Waals surface area contributed by atoms with E-state index in [2.05, 4.69) is 39.2 Å². The average Bonchev–Trinajstić information content (AvgIpc) is 2.99. The van der Waals surface area contributed by atoms with E-state index in [0.717, 1.165) is 55.6 Å². The maximum Gasteiger partial charge on any atom is 0.254 e. The van der Waals surface area contributed by atoms with Gasteiger partial charge in [-0.25, -0.2) is 4.98 Å². The highest BCUT2D eigenvalue weighted by Crippen LogP contribution is 2.15. The van der Waals surface area contributed by atoms with Gasteiger partial charge in [-0.1, -0.05) is 6.07 Å². The number of rotatable bonds is 5. The van der Waals surface area contributed by atoms with Crippen molar-refractivity contribution >= 4 is 11.6 Å². The molecule has 1 saturated heterocycles. The molecular weight excluding hydrogens is 316 g/mol. The Morgan fingerprint density at radius 1 is 1.28 bits per heavy atom. The molecule has 0 atom stereocenters. The van der Waals surface area contributed by atoms with Crippen LogP contribution in [0.3, 0.4) is 0 Å². The fourth-order valence-corrected chi connectivity index (χ4v) is 3.03. The summed E-state index contributed by atoms with van der Waals surface area (Å²) in [6.07, 6.45) is 0. The highest BCUT2D eigenvalue weighted by atomic mass is 16.2. The number of H-pyrrole nitrogens is 1. The van der Waals surface area contributed by atoms with Crippen LogP contribution in [0.2, 0.25) is 0 Å². The molecule has 1 amide bonds. The Hall–Kier alpha value is -2.41. The Kier molecular flexibility index (Phi) is 5.33. The van der Waals surface area contributed by atoms with E-state index in [0.29, 0.717) is 6.04 Å². The van der Waals surface area contributed by atoms with Crippen molar-refractivity contribution in [2.75, 3.05) is 31.5 Å². The first-order chi connectivity index (χ1) is 12.0. The van der Waals surface area contributed by atoms with Crippen LogP contribution < -0.4 is 5.32 Å². The number of hydrogen-bond donors (Lipinski definition) is 2. The molecule has 0 bridgehead atoms. The molecule has 2 heterocycles. The second kappa shape index (κ2) is 7.65.